The van der Waals surface area contributed by atoms with E-state index in [0.717, 1.165) is 41.8 Å². The standard InChI is InChI=1S/C20H27N3O2S/c1-15-8-10-18(11-9-15)26(24,25)23-12-6-5-7-19(23)17-13-16(2)20(21-14-17)22(3)4/h8-11,13-14,19H,5-7,12H2,1-4H3/t19-/m1/s1. The SMILES string of the molecule is Cc1ccc(S(=O)(=O)N2CCCC[C@@H]2c2cnc(N(C)C)c(C)c2)cc1. The zero-order valence-electron chi connectivity index (χ0n) is 15.9. The van der Waals surface area contributed by atoms with Gasteiger partial charge in [-0.2, -0.15) is 4.31 Å². The summed E-state index contributed by atoms with van der Waals surface area (Å²) in [6.45, 7) is 4.53. The Labute approximate surface area is 156 Å². The predicted octanol–water partition coefficient (Wildman–Crippen LogP) is 3.68. The monoisotopic (exact) mass is 373 g/mol. The Balaban J connectivity index is 1.98. The molecule has 1 aliphatic rings. The van der Waals surface area contributed by atoms with Gasteiger partial charge in [-0.15, -0.1) is 0 Å². The molecule has 0 radical (unpaired) electrons. The Morgan fingerprint density at radius 3 is 2.42 bits per heavy atom. The van der Waals surface area contributed by atoms with Crippen LogP contribution in [0.5, 0.6) is 0 Å². The van der Waals surface area contributed by atoms with E-state index in [0.29, 0.717) is 11.4 Å². The summed E-state index contributed by atoms with van der Waals surface area (Å²) in [7, 11) is 0.404. The van der Waals surface area contributed by atoms with Crippen LogP contribution in [0.4, 0.5) is 5.82 Å². The zero-order chi connectivity index (χ0) is 18.9. The van der Waals surface area contributed by atoms with Crippen molar-refractivity contribution >= 4 is 15.8 Å². The number of rotatable bonds is 4. The molecular formula is C20H27N3O2S. The van der Waals surface area contributed by atoms with Gasteiger partial charge >= 0.3 is 0 Å². The average molecular weight is 374 g/mol. The van der Waals surface area contributed by atoms with Crippen LogP contribution < -0.4 is 4.90 Å². The number of sulfonamides is 1. The molecule has 0 bridgehead atoms. The highest BCUT2D eigenvalue weighted by Crippen LogP contribution is 2.36. The molecule has 6 heteroatoms. The van der Waals surface area contributed by atoms with Crippen LogP contribution in [0.3, 0.4) is 0 Å². The van der Waals surface area contributed by atoms with Gasteiger partial charge in [-0.1, -0.05) is 24.1 Å². The first kappa shape index (κ1) is 18.9. The minimum Gasteiger partial charge on any atom is -0.363 e. The molecule has 2 heterocycles. The van der Waals surface area contributed by atoms with Crippen molar-refractivity contribution in [3.63, 3.8) is 0 Å². The number of aromatic nitrogens is 1. The molecule has 3 rings (SSSR count). The van der Waals surface area contributed by atoms with Gasteiger partial charge in [-0.3, -0.25) is 0 Å². The Hall–Kier alpha value is -1.92. The summed E-state index contributed by atoms with van der Waals surface area (Å²) >= 11 is 0. The van der Waals surface area contributed by atoms with E-state index in [1.54, 1.807) is 16.4 Å². The fourth-order valence-corrected chi connectivity index (χ4v) is 5.29. The molecule has 1 atom stereocenters. The molecule has 0 aliphatic carbocycles. The number of nitrogens with zero attached hydrogens (tertiary/aromatic N) is 3. The molecule has 0 unspecified atom stereocenters. The third-order valence-electron chi connectivity index (χ3n) is 4.96. The van der Waals surface area contributed by atoms with Crippen LogP contribution in [-0.4, -0.2) is 38.3 Å². The fraction of sp³-hybridized carbons (Fsp3) is 0.450. The minimum absolute atomic E-state index is 0.155. The summed E-state index contributed by atoms with van der Waals surface area (Å²) in [4.78, 5) is 6.90. The highest BCUT2D eigenvalue weighted by Gasteiger charge is 2.34. The number of benzene rings is 1. The van der Waals surface area contributed by atoms with Gasteiger partial charge in [0.2, 0.25) is 10.0 Å². The lowest BCUT2D eigenvalue weighted by Gasteiger charge is -2.35. The largest absolute Gasteiger partial charge is 0.363 e. The second-order valence-electron chi connectivity index (χ2n) is 7.24. The van der Waals surface area contributed by atoms with E-state index < -0.39 is 10.0 Å². The Morgan fingerprint density at radius 2 is 1.81 bits per heavy atom. The molecular weight excluding hydrogens is 346 g/mol. The van der Waals surface area contributed by atoms with E-state index in [1.165, 1.54) is 0 Å². The van der Waals surface area contributed by atoms with Gasteiger partial charge in [0.25, 0.3) is 0 Å². The first-order chi connectivity index (χ1) is 12.3. The number of hydrogen-bond acceptors (Lipinski definition) is 4. The average Bonchev–Trinajstić information content (AvgIpc) is 2.61. The van der Waals surface area contributed by atoms with Crippen molar-refractivity contribution < 1.29 is 8.42 Å². The first-order valence-electron chi connectivity index (χ1n) is 9.03. The van der Waals surface area contributed by atoms with Crippen LogP contribution in [0, 0.1) is 13.8 Å². The van der Waals surface area contributed by atoms with Gasteiger partial charge in [0.15, 0.2) is 0 Å². The molecule has 0 amide bonds. The molecule has 0 spiro atoms. The Morgan fingerprint density at radius 1 is 1.12 bits per heavy atom. The molecule has 2 aromatic rings. The Bertz CT molecular complexity index is 876. The van der Waals surface area contributed by atoms with Gasteiger partial charge < -0.3 is 4.90 Å². The molecule has 1 saturated heterocycles. The maximum absolute atomic E-state index is 13.2. The van der Waals surface area contributed by atoms with E-state index in [9.17, 15) is 8.42 Å². The molecule has 1 aliphatic heterocycles. The smallest absolute Gasteiger partial charge is 0.243 e. The van der Waals surface area contributed by atoms with Crippen molar-refractivity contribution in [3.8, 4) is 0 Å². The first-order valence-corrected chi connectivity index (χ1v) is 10.5. The van der Waals surface area contributed by atoms with E-state index in [-0.39, 0.29) is 6.04 Å². The van der Waals surface area contributed by atoms with Crippen LogP contribution >= 0.6 is 0 Å². The summed E-state index contributed by atoms with van der Waals surface area (Å²) in [5, 5.41) is 0. The van der Waals surface area contributed by atoms with Crippen LogP contribution in [-0.2, 0) is 10.0 Å². The van der Waals surface area contributed by atoms with Crippen molar-refractivity contribution in [2.24, 2.45) is 0 Å². The topological polar surface area (TPSA) is 53.5 Å². The van der Waals surface area contributed by atoms with Crippen LogP contribution in [0.1, 0.15) is 42.0 Å². The molecule has 140 valence electrons. The van der Waals surface area contributed by atoms with Gasteiger partial charge in [0.1, 0.15) is 5.82 Å². The molecule has 5 nitrogen and oxygen atoms in total. The molecule has 1 aromatic heterocycles. The lowest BCUT2D eigenvalue weighted by Crippen LogP contribution is -2.38. The number of anilines is 1. The minimum atomic E-state index is -3.52. The highest BCUT2D eigenvalue weighted by molar-refractivity contribution is 7.89. The van der Waals surface area contributed by atoms with Crippen LogP contribution in [0.2, 0.25) is 0 Å². The lowest BCUT2D eigenvalue weighted by atomic mass is 9.98. The van der Waals surface area contributed by atoms with Crippen molar-refractivity contribution in [1.29, 1.82) is 0 Å². The normalized spacial score (nSPS) is 18.7. The van der Waals surface area contributed by atoms with Crippen molar-refractivity contribution in [2.45, 2.75) is 44.0 Å². The Kier molecular flexibility index (Phi) is 5.34. The van der Waals surface area contributed by atoms with Crippen LogP contribution in [0.25, 0.3) is 0 Å². The highest BCUT2D eigenvalue weighted by atomic mass is 32.2. The van der Waals surface area contributed by atoms with E-state index in [4.69, 9.17) is 0 Å². The third-order valence-corrected chi connectivity index (χ3v) is 6.88. The summed E-state index contributed by atoms with van der Waals surface area (Å²) in [6.07, 6.45) is 4.58. The number of hydrogen-bond donors (Lipinski definition) is 0. The number of pyridine rings is 1. The third kappa shape index (κ3) is 3.62. The van der Waals surface area contributed by atoms with Crippen molar-refractivity contribution in [2.75, 3.05) is 25.5 Å². The van der Waals surface area contributed by atoms with Gasteiger partial charge in [0, 0.05) is 26.8 Å². The summed E-state index contributed by atoms with van der Waals surface area (Å²) in [5.74, 6) is 0.914. The van der Waals surface area contributed by atoms with Crippen LogP contribution in [0.15, 0.2) is 41.4 Å². The summed E-state index contributed by atoms with van der Waals surface area (Å²) in [6, 6.07) is 9.03. The van der Waals surface area contributed by atoms with Gasteiger partial charge in [-0.05, 0) is 56.0 Å². The lowest BCUT2D eigenvalue weighted by molar-refractivity contribution is 0.255. The van der Waals surface area contributed by atoms with E-state index >= 15 is 0 Å². The number of piperidine rings is 1. The fourth-order valence-electron chi connectivity index (χ4n) is 3.61. The zero-order valence-corrected chi connectivity index (χ0v) is 16.8. The second kappa shape index (κ2) is 7.37. The summed E-state index contributed by atoms with van der Waals surface area (Å²) in [5.41, 5.74) is 3.09. The predicted molar refractivity (Wildman–Crippen MR) is 105 cm³/mol. The molecule has 26 heavy (non-hydrogen) atoms. The van der Waals surface area contributed by atoms with Crippen molar-refractivity contribution in [3.05, 3.63) is 53.2 Å². The van der Waals surface area contributed by atoms with E-state index in [2.05, 4.69) is 11.1 Å². The molecule has 1 aromatic carbocycles. The quantitative estimate of drug-likeness (QED) is 0.820. The molecule has 0 saturated carbocycles. The summed E-state index contributed by atoms with van der Waals surface area (Å²) < 4.78 is 28.1. The second-order valence-corrected chi connectivity index (χ2v) is 9.13. The maximum atomic E-state index is 13.2. The van der Waals surface area contributed by atoms with Gasteiger partial charge in [0.05, 0.1) is 10.9 Å². The maximum Gasteiger partial charge on any atom is 0.243 e. The molecule has 1 fully saturated rings. The molecule has 0 N–H and O–H groups in total. The van der Waals surface area contributed by atoms with Gasteiger partial charge in [-0.25, -0.2) is 13.4 Å². The van der Waals surface area contributed by atoms with Crippen molar-refractivity contribution in [1.82, 2.24) is 9.29 Å². The number of aryl methyl sites for hydroxylation is 2. The van der Waals surface area contributed by atoms with E-state index in [1.807, 2.05) is 51.2 Å².